The van der Waals surface area contributed by atoms with Gasteiger partial charge in [-0.25, -0.2) is 0 Å². The standard InChI is InChI=1S/C25H23NO4/c1-27-24-13-10-20(17-25(24)28-2)21(18-26)16-19-8-11-23(12-9-19)30-15-14-29-22-6-4-3-5-7-22/h3-13,16-17H,14-15H2,1-2H3. The van der Waals surface area contributed by atoms with Crippen LogP contribution in [0.5, 0.6) is 23.0 Å². The van der Waals surface area contributed by atoms with Crippen molar-refractivity contribution in [3.8, 4) is 29.1 Å². The number of rotatable bonds is 9. The molecule has 0 radical (unpaired) electrons. The Kier molecular flexibility index (Phi) is 7.34. The summed E-state index contributed by atoms with van der Waals surface area (Å²) in [6.45, 7) is 0.905. The van der Waals surface area contributed by atoms with Gasteiger partial charge in [-0.15, -0.1) is 0 Å². The van der Waals surface area contributed by atoms with E-state index in [9.17, 15) is 5.26 Å². The van der Waals surface area contributed by atoms with E-state index in [2.05, 4.69) is 6.07 Å². The summed E-state index contributed by atoms with van der Waals surface area (Å²) in [6, 6.07) is 24.8. The molecular weight excluding hydrogens is 378 g/mol. The number of allylic oxidation sites excluding steroid dienone is 1. The van der Waals surface area contributed by atoms with Crippen LogP contribution in [0.2, 0.25) is 0 Å². The Morgan fingerprint density at radius 1 is 0.800 bits per heavy atom. The van der Waals surface area contributed by atoms with E-state index in [1.807, 2.05) is 66.7 Å². The Morgan fingerprint density at radius 3 is 2.03 bits per heavy atom. The fourth-order valence-corrected chi connectivity index (χ4v) is 2.85. The third-order valence-corrected chi connectivity index (χ3v) is 4.37. The maximum atomic E-state index is 9.59. The average molecular weight is 401 g/mol. The van der Waals surface area contributed by atoms with E-state index >= 15 is 0 Å². The molecular formula is C25H23NO4. The molecule has 3 aromatic rings. The molecule has 0 N–H and O–H groups in total. The zero-order valence-electron chi connectivity index (χ0n) is 17.0. The van der Waals surface area contributed by atoms with Gasteiger partial charge in [0.2, 0.25) is 0 Å². The Bertz CT molecular complexity index is 1020. The molecule has 152 valence electrons. The van der Waals surface area contributed by atoms with Crippen LogP contribution in [0.3, 0.4) is 0 Å². The van der Waals surface area contributed by atoms with Crippen LogP contribution in [0, 0.1) is 11.3 Å². The van der Waals surface area contributed by atoms with E-state index < -0.39 is 0 Å². The molecule has 30 heavy (non-hydrogen) atoms. The number of benzene rings is 3. The second-order valence-corrected chi connectivity index (χ2v) is 6.32. The number of nitriles is 1. The van der Waals surface area contributed by atoms with Crippen LogP contribution in [0.1, 0.15) is 11.1 Å². The van der Waals surface area contributed by atoms with Gasteiger partial charge in [0.15, 0.2) is 11.5 Å². The second-order valence-electron chi connectivity index (χ2n) is 6.32. The summed E-state index contributed by atoms with van der Waals surface area (Å²) in [7, 11) is 3.15. The van der Waals surface area contributed by atoms with Crippen molar-refractivity contribution >= 4 is 11.6 Å². The summed E-state index contributed by atoms with van der Waals surface area (Å²) in [5.74, 6) is 2.77. The third kappa shape index (κ3) is 5.55. The highest BCUT2D eigenvalue weighted by molar-refractivity contribution is 5.90. The lowest BCUT2D eigenvalue weighted by Gasteiger charge is -2.09. The molecule has 0 amide bonds. The molecule has 0 aliphatic rings. The first-order valence-electron chi connectivity index (χ1n) is 9.48. The smallest absolute Gasteiger partial charge is 0.161 e. The van der Waals surface area contributed by atoms with Crippen LogP contribution in [0.15, 0.2) is 72.8 Å². The fourth-order valence-electron chi connectivity index (χ4n) is 2.85. The van der Waals surface area contributed by atoms with Crippen LogP contribution >= 0.6 is 0 Å². The summed E-state index contributed by atoms with van der Waals surface area (Å²) in [5.41, 5.74) is 2.18. The van der Waals surface area contributed by atoms with Gasteiger partial charge in [0.1, 0.15) is 24.7 Å². The van der Waals surface area contributed by atoms with Crippen LogP contribution in [0.25, 0.3) is 11.6 Å². The quantitative estimate of drug-likeness (QED) is 0.279. The molecule has 0 spiro atoms. The predicted octanol–water partition coefficient (Wildman–Crippen LogP) is 5.23. The topological polar surface area (TPSA) is 60.7 Å². The van der Waals surface area contributed by atoms with Crippen molar-refractivity contribution in [1.82, 2.24) is 0 Å². The normalized spacial score (nSPS) is 10.8. The van der Waals surface area contributed by atoms with E-state index in [-0.39, 0.29) is 0 Å². The number of hydrogen-bond donors (Lipinski definition) is 0. The van der Waals surface area contributed by atoms with E-state index in [0.29, 0.717) is 30.3 Å². The maximum Gasteiger partial charge on any atom is 0.161 e. The Balaban J connectivity index is 1.62. The minimum atomic E-state index is 0.444. The summed E-state index contributed by atoms with van der Waals surface area (Å²) in [4.78, 5) is 0. The van der Waals surface area contributed by atoms with Crippen LogP contribution in [-0.4, -0.2) is 27.4 Å². The molecule has 0 atom stereocenters. The number of methoxy groups -OCH3 is 2. The van der Waals surface area contributed by atoms with Crippen molar-refractivity contribution < 1.29 is 18.9 Å². The van der Waals surface area contributed by atoms with Crippen molar-refractivity contribution in [3.63, 3.8) is 0 Å². The highest BCUT2D eigenvalue weighted by atomic mass is 16.5. The first kappa shape index (κ1) is 20.8. The maximum absolute atomic E-state index is 9.59. The molecule has 5 heteroatoms. The minimum Gasteiger partial charge on any atom is -0.493 e. The lowest BCUT2D eigenvalue weighted by atomic mass is 10.0. The van der Waals surface area contributed by atoms with Crippen molar-refractivity contribution in [1.29, 1.82) is 5.26 Å². The average Bonchev–Trinajstić information content (AvgIpc) is 2.81. The van der Waals surface area contributed by atoms with Crippen LogP contribution < -0.4 is 18.9 Å². The first-order valence-corrected chi connectivity index (χ1v) is 9.48. The van der Waals surface area contributed by atoms with Gasteiger partial charge in [-0.3, -0.25) is 0 Å². The van der Waals surface area contributed by atoms with Crippen molar-refractivity contribution in [3.05, 3.63) is 83.9 Å². The van der Waals surface area contributed by atoms with Crippen LogP contribution in [-0.2, 0) is 0 Å². The molecule has 3 aromatic carbocycles. The zero-order chi connectivity index (χ0) is 21.2. The molecule has 0 aliphatic heterocycles. The van der Waals surface area contributed by atoms with E-state index in [4.69, 9.17) is 18.9 Å². The summed E-state index contributed by atoms with van der Waals surface area (Å²) in [6.07, 6.45) is 1.82. The number of para-hydroxylation sites is 1. The minimum absolute atomic E-state index is 0.444. The molecule has 3 rings (SSSR count). The first-order chi connectivity index (χ1) is 14.7. The summed E-state index contributed by atoms with van der Waals surface area (Å²) >= 11 is 0. The molecule has 0 aromatic heterocycles. The SMILES string of the molecule is COc1ccc(C(C#N)=Cc2ccc(OCCOc3ccccc3)cc2)cc1OC. The molecule has 5 nitrogen and oxygen atoms in total. The molecule has 0 saturated heterocycles. The monoisotopic (exact) mass is 401 g/mol. The second kappa shape index (κ2) is 10.6. The van der Waals surface area contributed by atoms with Crippen LogP contribution in [0.4, 0.5) is 0 Å². The largest absolute Gasteiger partial charge is 0.493 e. The predicted molar refractivity (Wildman–Crippen MR) is 117 cm³/mol. The van der Waals surface area contributed by atoms with Crippen molar-refractivity contribution in [2.45, 2.75) is 0 Å². The lowest BCUT2D eigenvalue weighted by Crippen LogP contribution is -2.08. The zero-order valence-corrected chi connectivity index (χ0v) is 17.0. The number of ether oxygens (including phenoxy) is 4. The van der Waals surface area contributed by atoms with Gasteiger partial charge in [0, 0.05) is 0 Å². The van der Waals surface area contributed by atoms with Gasteiger partial charge in [-0.05, 0) is 59.7 Å². The van der Waals surface area contributed by atoms with E-state index in [1.165, 1.54) is 0 Å². The van der Waals surface area contributed by atoms with Gasteiger partial charge in [-0.1, -0.05) is 30.3 Å². The molecule has 0 heterocycles. The molecule has 0 saturated carbocycles. The van der Waals surface area contributed by atoms with Gasteiger partial charge in [0.05, 0.1) is 25.9 Å². The van der Waals surface area contributed by atoms with Crippen molar-refractivity contribution in [2.24, 2.45) is 0 Å². The molecule has 0 unspecified atom stereocenters. The van der Waals surface area contributed by atoms with Gasteiger partial charge in [-0.2, -0.15) is 5.26 Å². The van der Waals surface area contributed by atoms with Crippen molar-refractivity contribution in [2.75, 3.05) is 27.4 Å². The number of nitrogens with zero attached hydrogens (tertiary/aromatic N) is 1. The number of hydrogen-bond acceptors (Lipinski definition) is 5. The Morgan fingerprint density at radius 2 is 1.43 bits per heavy atom. The molecule has 0 fully saturated rings. The van der Waals surface area contributed by atoms with Gasteiger partial charge in [0.25, 0.3) is 0 Å². The van der Waals surface area contributed by atoms with Gasteiger partial charge >= 0.3 is 0 Å². The fraction of sp³-hybridized carbons (Fsp3) is 0.160. The molecule has 0 aliphatic carbocycles. The Labute approximate surface area is 176 Å². The highest BCUT2D eigenvalue weighted by Crippen LogP contribution is 2.31. The summed E-state index contributed by atoms with van der Waals surface area (Å²) < 4.78 is 21.9. The molecule has 0 bridgehead atoms. The lowest BCUT2D eigenvalue weighted by molar-refractivity contribution is 0.217. The van der Waals surface area contributed by atoms with E-state index in [1.54, 1.807) is 26.4 Å². The third-order valence-electron chi connectivity index (χ3n) is 4.37. The van der Waals surface area contributed by atoms with E-state index in [0.717, 1.165) is 22.6 Å². The Hall–Kier alpha value is -3.91. The highest BCUT2D eigenvalue weighted by Gasteiger charge is 2.08. The van der Waals surface area contributed by atoms with Gasteiger partial charge < -0.3 is 18.9 Å². The summed E-state index contributed by atoms with van der Waals surface area (Å²) in [5, 5.41) is 9.59.